The zero-order valence-electron chi connectivity index (χ0n) is 23.9. The monoisotopic (exact) mass is 561 g/mol. The van der Waals surface area contributed by atoms with Gasteiger partial charge in [0.1, 0.15) is 11.2 Å². The molecule has 0 atom stereocenters. The third kappa shape index (κ3) is 3.82. The molecule has 0 spiro atoms. The van der Waals surface area contributed by atoms with Crippen molar-refractivity contribution in [2.45, 2.75) is 0 Å². The highest BCUT2D eigenvalue weighted by atomic mass is 16.3. The molecule has 2 nitrogen and oxygen atoms in total. The molecule has 0 saturated carbocycles. The van der Waals surface area contributed by atoms with Crippen LogP contribution in [-0.4, -0.2) is 0 Å². The van der Waals surface area contributed by atoms with Gasteiger partial charge in [-0.2, -0.15) is 0 Å². The number of para-hydroxylation sites is 3. The maximum absolute atomic E-state index is 6.46. The van der Waals surface area contributed by atoms with Crippen LogP contribution in [0.2, 0.25) is 0 Å². The molecule has 7 aromatic carbocycles. The molecule has 8 aromatic rings. The second-order valence-corrected chi connectivity index (χ2v) is 11.3. The Morgan fingerprint density at radius 3 is 1.68 bits per heavy atom. The Morgan fingerprint density at radius 2 is 0.932 bits per heavy atom. The molecule has 0 N–H and O–H groups in total. The predicted molar refractivity (Wildman–Crippen MR) is 184 cm³/mol. The maximum atomic E-state index is 6.46. The Bertz CT molecular complexity index is 2330. The van der Waals surface area contributed by atoms with E-state index in [0.717, 1.165) is 50.1 Å². The molecule has 44 heavy (non-hydrogen) atoms. The Hall–Kier alpha value is -5.86. The van der Waals surface area contributed by atoms with Gasteiger partial charge in [0, 0.05) is 33.2 Å². The van der Waals surface area contributed by atoms with Crippen LogP contribution in [-0.2, 0) is 0 Å². The summed E-state index contributed by atoms with van der Waals surface area (Å²) < 4.78 is 6.46. The van der Waals surface area contributed by atoms with E-state index in [1.807, 2.05) is 12.1 Å². The Labute approximate surface area is 256 Å². The first kappa shape index (κ1) is 24.7. The van der Waals surface area contributed by atoms with Crippen LogP contribution in [0.5, 0.6) is 0 Å². The summed E-state index contributed by atoms with van der Waals surface area (Å²) in [6.07, 6.45) is 0. The normalized spacial score (nSPS) is 12.0. The van der Waals surface area contributed by atoms with E-state index in [4.69, 9.17) is 4.42 Å². The summed E-state index contributed by atoms with van der Waals surface area (Å²) in [7, 11) is 0. The van der Waals surface area contributed by atoms with Gasteiger partial charge in [0.25, 0.3) is 0 Å². The van der Waals surface area contributed by atoms with E-state index in [0.29, 0.717) is 0 Å². The molecule has 206 valence electrons. The van der Waals surface area contributed by atoms with Gasteiger partial charge in [0.05, 0.1) is 11.4 Å². The number of nitrogens with zero attached hydrogens (tertiary/aromatic N) is 1. The van der Waals surface area contributed by atoms with E-state index in [1.165, 1.54) is 33.4 Å². The number of furan rings is 1. The first-order valence-electron chi connectivity index (χ1n) is 15.0. The molecule has 2 heteroatoms. The average Bonchev–Trinajstić information content (AvgIpc) is 3.43. The van der Waals surface area contributed by atoms with Crippen LogP contribution in [0.25, 0.3) is 66.4 Å². The molecule has 0 amide bonds. The minimum Gasteiger partial charge on any atom is -0.455 e. The van der Waals surface area contributed by atoms with Crippen molar-refractivity contribution < 1.29 is 4.42 Å². The van der Waals surface area contributed by atoms with Crippen molar-refractivity contribution in [2.24, 2.45) is 0 Å². The van der Waals surface area contributed by atoms with Gasteiger partial charge in [-0.25, -0.2) is 0 Å². The Balaban J connectivity index is 1.32. The molecular formula is C42H27NO. The van der Waals surface area contributed by atoms with E-state index >= 15 is 0 Å². The van der Waals surface area contributed by atoms with Crippen LogP contribution in [0, 0.1) is 0 Å². The number of hydrogen-bond donors (Lipinski definition) is 0. The summed E-state index contributed by atoms with van der Waals surface area (Å²) in [6.45, 7) is 0. The summed E-state index contributed by atoms with van der Waals surface area (Å²) in [5.41, 5.74) is 14.7. The zero-order valence-corrected chi connectivity index (χ0v) is 23.9. The quantitative estimate of drug-likeness (QED) is 0.213. The molecule has 0 fully saturated rings. The highest BCUT2D eigenvalue weighted by Crippen LogP contribution is 2.52. The topological polar surface area (TPSA) is 16.4 Å². The summed E-state index contributed by atoms with van der Waals surface area (Å²) in [6, 6.07) is 58.6. The zero-order chi connectivity index (χ0) is 29.0. The van der Waals surface area contributed by atoms with Crippen molar-refractivity contribution in [3.8, 4) is 44.5 Å². The number of anilines is 3. The maximum Gasteiger partial charge on any atom is 0.143 e. The van der Waals surface area contributed by atoms with Crippen LogP contribution < -0.4 is 4.90 Å². The van der Waals surface area contributed by atoms with Crippen LogP contribution >= 0.6 is 0 Å². The summed E-state index contributed by atoms with van der Waals surface area (Å²) in [5, 5.41) is 2.28. The van der Waals surface area contributed by atoms with Crippen LogP contribution in [0.15, 0.2) is 168 Å². The molecule has 1 aliphatic heterocycles. The minimum absolute atomic E-state index is 0.912. The predicted octanol–water partition coefficient (Wildman–Crippen LogP) is 12.0. The Morgan fingerprint density at radius 1 is 0.364 bits per heavy atom. The summed E-state index contributed by atoms with van der Waals surface area (Å²) in [5.74, 6) is 0. The average molecular weight is 562 g/mol. The van der Waals surface area contributed by atoms with Gasteiger partial charge < -0.3 is 9.32 Å². The standard InChI is InChI=1S/C42H27NO/c1-3-12-28(13-4-1)29-22-24-39-37(26-29)33-16-7-8-17-34(33)38-27-30(23-25-40(38)43(39)31-14-5-2-6-15-31)32-19-11-20-36-35-18-9-10-21-41(35)44-42(32)36/h1-27H. The van der Waals surface area contributed by atoms with Gasteiger partial charge in [-0.3, -0.25) is 0 Å². The molecular weight excluding hydrogens is 534 g/mol. The van der Waals surface area contributed by atoms with E-state index in [1.54, 1.807) is 0 Å². The van der Waals surface area contributed by atoms with Crippen molar-refractivity contribution in [1.29, 1.82) is 0 Å². The Kier molecular flexibility index (Phi) is 5.54. The van der Waals surface area contributed by atoms with Crippen molar-refractivity contribution >= 4 is 39.0 Å². The van der Waals surface area contributed by atoms with Crippen molar-refractivity contribution in [1.82, 2.24) is 0 Å². The van der Waals surface area contributed by atoms with E-state index in [-0.39, 0.29) is 0 Å². The summed E-state index contributed by atoms with van der Waals surface area (Å²) >= 11 is 0. The highest BCUT2D eigenvalue weighted by molar-refractivity contribution is 6.10. The van der Waals surface area contributed by atoms with Gasteiger partial charge >= 0.3 is 0 Å². The summed E-state index contributed by atoms with van der Waals surface area (Å²) in [4.78, 5) is 2.41. The molecule has 9 rings (SSSR count). The lowest BCUT2D eigenvalue weighted by Crippen LogP contribution is -2.11. The second-order valence-electron chi connectivity index (χ2n) is 11.3. The van der Waals surface area contributed by atoms with Crippen LogP contribution in [0.1, 0.15) is 0 Å². The number of benzene rings is 7. The third-order valence-electron chi connectivity index (χ3n) is 8.82. The lowest BCUT2D eigenvalue weighted by atomic mass is 9.91. The smallest absolute Gasteiger partial charge is 0.143 e. The number of fused-ring (bicyclic) bond motifs is 8. The molecule has 1 aromatic heterocycles. The first-order chi connectivity index (χ1) is 21.8. The lowest BCUT2D eigenvalue weighted by molar-refractivity contribution is 0.670. The van der Waals surface area contributed by atoms with E-state index in [2.05, 4.69) is 157 Å². The molecule has 1 aliphatic rings. The molecule has 0 aliphatic carbocycles. The molecule has 0 unspecified atom stereocenters. The highest BCUT2D eigenvalue weighted by Gasteiger charge is 2.27. The van der Waals surface area contributed by atoms with Gasteiger partial charge in [-0.05, 0) is 70.3 Å². The fraction of sp³-hybridized carbons (Fsp3) is 0. The largest absolute Gasteiger partial charge is 0.455 e. The fourth-order valence-electron chi connectivity index (χ4n) is 6.78. The lowest BCUT2D eigenvalue weighted by Gasteiger charge is -2.28. The first-order valence-corrected chi connectivity index (χ1v) is 15.0. The van der Waals surface area contributed by atoms with E-state index in [9.17, 15) is 0 Å². The number of hydrogen-bond acceptors (Lipinski definition) is 2. The van der Waals surface area contributed by atoms with Gasteiger partial charge in [0.2, 0.25) is 0 Å². The molecule has 0 saturated heterocycles. The number of rotatable bonds is 3. The van der Waals surface area contributed by atoms with Crippen LogP contribution in [0.3, 0.4) is 0 Å². The van der Waals surface area contributed by atoms with Crippen molar-refractivity contribution in [3.63, 3.8) is 0 Å². The van der Waals surface area contributed by atoms with Gasteiger partial charge in [-0.1, -0.05) is 121 Å². The fourth-order valence-corrected chi connectivity index (χ4v) is 6.78. The van der Waals surface area contributed by atoms with Crippen molar-refractivity contribution in [3.05, 3.63) is 164 Å². The van der Waals surface area contributed by atoms with Gasteiger partial charge in [0.15, 0.2) is 0 Å². The van der Waals surface area contributed by atoms with Gasteiger partial charge in [-0.15, -0.1) is 0 Å². The SMILES string of the molecule is c1ccc(-c2ccc3c(c2)-c2ccccc2-c2cc(-c4cccc5c4oc4ccccc45)ccc2N3c2ccccc2)cc1. The molecule has 0 bridgehead atoms. The van der Waals surface area contributed by atoms with Crippen LogP contribution in [0.4, 0.5) is 17.1 Å². The minimum atomic E-state index is 0.912. The molecule has 0 radical (unpaired) electrons. The van der Waals surface area contributed by atoms with E-state index < -0.39 is 0 Å². The molecule has 2 heterocycles. The third-order valence-corrected chi connectivity index (χ3v) is 8.82. The second kappa shape index (κ2) is 9.86. The van der Waals surface area contributed by atoms with Crippen molar-refractivity contribution in [2.75, 3.05) is 4.90 Å².